The minimum Gasteiger partial charge on any atom is -0.451 e. The largest absolute Gasteiger partial charge is 0.451 e. The van der Waals surface area contributed by atoms with Crippen molar-refractivity contribution in [3.8, 4) is 0 Å². The number of anilines is 2. The van der Waals surface area contributed by atoms with Crippen molar-refractivity contribution in [2.45, 2.75) is 39.2 Å². The molecule has 7 heteroatoms. The Kier molecular flexibility index (Phi) is 7.65. The molecule has 0 unspecified atom stereocenters. The molecule has 1 aliphatic heterocycles. The van der Waals surface area contributed by atoms with E-state index >= 15 is 0 Å². The minimum absolute atomic E-state index is 0.311. The van der Waals surface area contributed by atoms with Gasteiger partial charge in [0.05, 0.1) is 0 Å². The summed E-state index contributed by atoms with van der Waals surface area (Å²) in [5, 5.41) is 5.26. The van der Waals surface area contributed by atoms with Gasteiger partial charge in [0.25, 0.3) is 11.8 Å². The summed E-state index contributed by atoms with van der Waals surface area (Å²) >= 11 is 0. The average Bonchev–Trinajstić information content (AvgIpc) is 2.78. The summed E-state index contributed by atoms with van der Waals surface area (Å²) < 4.78 is 5.14. The Labute approximate surface area is 182 Å². The van der Waals surface area contributed by atoms with E-state index in [-0.39, 0.29) is 12.5 Å². The highest BCUT2D eigenvalue weighted by Gasteiger charge is 2.19. The minimum atomic E-state index is -0.981. The van der Waals surface area contributed by atoms with Crippen molar-refractivity contribution < 1.29 is 19.1 Å². The Morgan fingerprint density at radius 3 is 2.42 bits per heavy atom. The number of aryl methyl sites for hydroxylation is 1. The number of rotatable bonds is 7. The van der Waals surface area contributed by atoms with Gasteiger partial charge in [-0.15, -0.1) is 0 Å². The first-order valence-corrected chi connectivity index (χ1v) is 10.6. The van der Waals surface area contributed by atoms with E-state index in [1.54, 1.807) is 18.2 Å². The zero-order valence-electron chi connectivity index (χ0n) is 18.0. The highest BCUT2D eigenvalue weighted by molar-refractivity contribution is 5.97. The maximum absolute atomic E-state index is 12.3. The van der Waals surface area contributed by atoms with Crippen molar-refractivity contribution in [1.29, 1.82) is 0 Å². The van der Waals surface area contributed by atoms with Gasteiger partial charge >= 0.3 is 5.97 Å². The van der Waals surface area contributed by atoms with Crippen molar-refractivity contribution in [2.24, 2.45) is 0 Å². The van der Waals surface area contributed by atoms with E-state index in [0.29, 0.717) is 11.3 Å². The summed E-state index contributed by atoms with van der Waals surface area (Å²) in [6.07, 6.45) is 2.70. The molecule has 2 aromatic carbocycles. The van der Waals surface area contributed by atoms with Crippen LogP contribution in [0.3, 0.4) is 0 Å². The number of hydrogen-bond donors (Lipinski definition) is 2. The molecule has 0 aliphatic carbocycles. The zero-order chi connectivity index (χ0) is 22.2. The van der Waals surface area contributed by atoms with Crippen LogP contribution in [0, 0.1) is 6.92 Å². The molecule has 3 rings (SSSR count). The molecule has 1 saturated heterocycles. The van der Waals surface area contributed by atoms with Gasteiger partial charge in [-0.3, -0.25) is 14.4 Å². The maximum Gasteiger partial charge on any atom is 0.326 e. The molecule has 2 amide bonds. The summed E-state index contributed by atoms with van der Waals surface area (Å²) in [6, 6.07) is 14.7. The molecule has 1 heterocycles. The van der Waals surface area contributed by atoms with Crippen molar-refractivity contribution >= 4 is 29.2 Å². The smallest absolute Gasteiger partial charge is 0.326 e. The lowest BCUT2D eigenvalue weighted by Crippen LogP contribution is -2.35. The first kappa shape index (κ1) is 22.3. The number of benzene rings is 2. The number of nitrogens with zero attached hydrogens (tertiary/aromatic N) is 1. The Bertz CT molecular complexity index is 921. The van der Waals surface area contributed by atoms with E-state index in [2.05, 4.69) is 15.5 Å². The van der Waals surface area contributed by atoms with Gasteiger partial charge in [-0.25, -0.2) is 0 Å². The summed E-state index contributed by atoms with van der Waals surface area (Å²) in [6.45, 7) is 5.18. The third-order valence-electron chi connectivity index (χ3n) is 5.21. The fourth-order valence-corrected chi connectivity index (χ4v) is 3.48. The van der Waals surface area contributed by atoms with Gasteiger partial charge in [0, 0.05) is 30.0 Å². The second kappa shape index (κ2) is 10.6. The summed E-state index contributed by atoms with van der Waals surface area (Å²) in [7, 11) is 0. The second-order valence-corrected chi connectivity index (χ2v) is 7.77. The number of nitrogens with one attached hydrogen (secondary N) is 2. The molecule has 7 nitrogen and oxygen atoms in total. The molecular weight excluding hydrogens is 394 g/mol. The van der Waals surface area contributed by atoms with Crippen LogP contribution >= 0.6 is 0 Å². The van der Waals surface area contributed by atoms with Crippen molar-refractivity contribution in [1.82, 2.24) is 5.32 Å². The van der Waals surface area contributed by atoms with Crippen LogP contribution in [-0.4, -0.2) is 43.5 Å². The lowest BCUT2D eigenvalue weighted by molar-refractivity contribution is -0.152. The molecule has 0 radical (unpaired) electrons. The highest BCUT2D eigenvalue weighted by atomic mass is 16.5. The number of carbonyl (C=O) groups excluding carboxylic acids is 3. The van der Waals surface area contributed by atoms with Gasteiger partial charge in [0.2, 0.25) is 0 Å². The van der Waals surface area contributed by atoms with E-state index in [1.807, 2.05) is 37.3 Å². The van der Waals surface area contributed by atoms with Gasteiger partial charge in [-0.1, -0.05) is 17.7 Å². The molecular formula is C24H29N3O4. The number of esters is 1. The monoisotopic (exact) mass is 423 g/mol. The van der Waals surface area contributed by atoms with Gasteiger partial charge in [-0.05, 0) is 69.5 Å². The molecule has 2 aromatic rings. The van der Waals surface area contributed by atoms with E-state index in [4.69, 9.17) is 4.74 Å². The fourth-order valence-electron chi connectivity index (χ4n) is 3.48. The van der Waals surface area contributed by atoms with E-state index < -0.39 is 18.0 Å². The molecule has 164 valence electrons. The molecule has 1 fully saturated rings. The zero-order valence-corrected chi connectivity index (χ0v) is 18.0. The maximum atomic E-state index is 12.3. The normalized spacial score (nSPS) is 14.5. The van der Waals surface area contributed by atoms with Gasteiger partial charge in [-0.2, -0.15) is 0 Å². The van der Waals surface area contributed by atoms with Crippen LogP contribution in [0.5, 0.6) is 0 Å². The summed E-state index contributed by atoms with van der Waals surface area (Å²) in [5.41, 5.74) is 3.19. The van der Waals surface area contributed by atoms with Gasteiger partial charge < -0.3 is 20.3 Å². The average molecular weight is 424 g/mol. The number of hydrogen-bond acceptors (Lipinski definition) is 5. The second-order valence-electron chi connectivity index (χ2n) is 7.77. The molecule has 2 N–H and O–H groups in total. The highest BCUT2D eigenvalue weighted by Crippen LogP contribution is 2.22. The van der Waals surface area contributed by atoms with Crippen molar-refractivity contribution in [3.05, 3.63) is 59.7 Å². The van der Waals surface area contributed by atoms with E-state index in [0.717, 1.165) is 24.3 Å². The molecule has 0 aromatic heterocycles. The van der Waals surface area contributed by atoms with Crippen LogP contribution < -0.4 is 15.5 Å². The van der Waals surface area contributed by atoms with Crippen molar-refractivity contribution in [2.75, 3.05) is 29.9 Å². The first-order valence-electron chi connectivity index (χ1n) is 10.6. The lowest BCUT2D eigenvalue weighted by Gasteiger charge is -2.28. The molecule has 0 spiro atoms. The lowest BCUT2D eigenvalue weighted by atomic mass is 10.1. The number of ether oxygens (including phenoxy) is 1. The molecule has 1 atom stereocenters. The van der Waals surface area contributed by atoms with E-state index in [9.17, 15) is 14.4 Å². The predicted octanol–water partition coefficient (Wildman–Crippen LogP) is 3.29. The van der Waals surface area contributed by atoms with Crippen LogP contribution in [-0.2, 0) is 14.3 Å². The van der Waals surface area contributed by atoms with Crippen LogP contribution in [0.2, 0.25) is 0 Å². The topological polar surface area (TPSA) is 87.7 Å². The number of carbonyl (C=O) groups is 3. The quantitative estimate of drug-likeness (QED) is 0.668. The molecule has 1 aliphatic rings. The first-order chi connectivity index (χ1) is 14.9. The Hall–Kier alpha value is -3.35. The van der Waals surface area contributed by atoms with E-state index in [1.165, 1.54) is 26.2 Å². The SMILES string of the molecule is Cc1cccc(C(=O)NCC(=O)O[C@H](C)C(=O)Nc2ccc(N3CCCCC3)cc2)c1. The summed E-state index contributed by atoms with van der Waals surface area (Å²) in [5.74, 6) is -1.47. The van der Waals surface area contributed by atoms with Crippen LogP contribution in [0.4, 0.5) is 11.4 Å². The molecule has 31 heavy (non-hydrogen) atoms. The van der Waals surface area contributed by atoms with Gasteiger partial charge in [0.15, 0.2) is 6.10 Å². The molecule has 0 bridgehead atoms. The predicted molar refractivity (Wildman–Crippen MR) is 120 cm³/mol. The summed E-state index contributed by atoms with van der Waals surface area (Å²) in [4.78, 5) is 38.8. The van der Waals surface area contributed by atoms with Crippen LogP contribution in [0.25, 0.3) is 0 Å². The third-order valence-corrected chi connectivity index (χ3v) is 5.21. The standard InChI is InChI=1S/C24H29N3O4/c1-17-7-6-8-19(15-17)24(30)25-16-22(28)31-18(2)23(29)26-20-9-11-21(12-10-20)27-13-4-3-5-14-27/h6-12,15,18H,3-5,13-14,16H2,1-2H3,(H,25,30)(H,26,29)/t18-/m1/s1. The van der Waals surface area contributed by atoms with Crippen LogP contribution in [0.15, 0.2) is 48.5 Å². The van der Waals surface area contributed by atoms with Crippen LogP contribution in [0.1, 0.15) is 42.1 Å². The fraction of sp³-hybridized carbons (Fsp3) is 0.375. The van der Waals surface area contributed by atoms with Crippen molar-refractivity contribution in [3.63, 3.8) is 0 Å². The Morgan fingerprint density at radius 1 is 1.03 bits per heavy atom. The van der Waals surface area contributed by atoms with Gasteiger partial charge in [0.1, 0.15) is 6.54 Å². The Balaban J connectivity index is 1.44. The Morgan fingerprint density at radius 2 is 1.74 bits per heavy atom. The third kappa shape index (κ3) is 6.57. The number of piperidine rings is 1. The number of amides is 2. The molecule has 0 saturated carbocycles.